The van der Waals surface area contributed by atoms with E-state index in [2.05, 4.69) is 25.8 Å². The number of hydrogen-bond donors (Lipinski definition) is 2. The Morgan fingerprint density at radius 3 is 2.69 bits per heavy atom. The predicted octanol–water partition coefficient (Wildman–Crippen LogP) is 1.13. The zero-order valence-corrected chi connectivity index (χ0v) is 19.4. The number of nitrogens with one attached hydrogen (secondary N) is 2. The molecular formula is C24H27N7O4. The van der Waals surface area contributed by atoms with Gasteiger partial charge >= 0.3 is 0 Å². The van der Waals surface area contributed by atoms with Crippen LogP contribution in [0.1, 0.15) is 39.3 Å². The molecular weight excluding hydrogens is 450 g/mol. The van der Waals surface area contributed by atoms with Gasteiger partial charge in [0.15, 0.2) is 0 Å². The molecule has 1 aromatic carbocycles. The molecule has 1 aliphatic heterocycles. The van der Waals surface area contributed by atoms with Crippen LogP contribution in [-0.2, 0) is 4.79 Å². The molecule has 11 heteroatoms. The standard InChI is InChI=1S/C24H27N7O4/c1-17-7-8-20-18(14-17)23(33)26-9-12-30(11-3-6-22(32)25-10-13-35-20)24(34)19-4-2-5-21(29-19)31-15-27-28-16-31/h2,4-5,7-8,14-16H,3,6,9-13H2,1H3,(H,25,32)(H,26,33). The maximum Gasteiger partial charge on any atom is 0.272 e. The van der Waals surface area contributed by atoms with Crippen molar-refractivity contribution in [2.45, 2.75) is 19.8 Å². The lowest BCUT2D eigenvalue weighted by Crippen LogP contribution is -2.40. The van der Waals surface area contributed by atoms with Crippen LogP contribution in [0.2, 0.25) is 0 Å². The number of benzene rings is 1. The zero-order chi connectivity index (χ0) is 24.6. The van der Waals surface area contributed by atoms with Crippen LogP contribution in [0.15, 0.2) is 49.1 Å². The maximum absolute atomic E-state index is 13.3. The van der Waals surface area contributed by atoms with Crippen LogP contribution in [0.4, 0.5) is 0 Å². The van der Waals surface area contributed by atoms with E-state index < -0.39 is 0 Å². The quantitative estimate of drug-likeness (QED) is 0.566. The van der Waals surface area contributed by atoms with Crippen LogP contribution in [-0.4, -0.2) is 75.2 Å². The van der Waals surface area contributed by atoms with E-state index in [9.17, 15) is 14.4 Å². The molecule has 182 valence electrons. The van der Waals surface area contributed by atoms with Crippen LogP contribution in [0.5, 0.6) is 5.75 Å². The second kappa shape index (κ2) is 11.2. The minimum Gasteiger partial charge on any atom is -0.491 e. The third kappa shape index (κ3) is 6.19. The van der Waals surface area contributed by atoms with Gasteiger partial charge in [-0.05, 0) is 37.6 Å². The molecule has 3 heterocycles. The first kappa shape index (κ1) is 23.9. The zero-order valence-electron chi connectivity index (χ0n) is 19.4. The van der Waals surface area contributed by atoms with E-state index >= 15 is 0 Å². The van der Waals surface area contributed by atoms with Gasteiger partial charge in [0.1, 0.15) is 36.5 Å². The normalized spacial score (nSPS) is 15.6. The summed E-state index contributed by atoms with van der Waals surface area (Å²) in [5, 5.41) is 13.2. The highest BCUT2D eigenvalue weighted by molar-refractivity contribution is 5.97. The number of hydrogen-bond acceptors (Lipinski definition) is 7. The summed E-state index contributed by atoms with van der Waals surface area (Å²) in [4.78, 5) is 44.4. The average Bonchev–Trinajstić information content (AvgIpc) is 3.40. The van der Waals surface area contributed by atoms with Crippen molar-refractivity contribution in [2.75, 3.05) is 32.8 Å². The average molecular weight is 478 g/mol. The molecule has 3 aromatic rings. The highest BCUT2D eigenvalue weighted by Gasteiger charge is 2.20. The Balaban J connectivity index is 1.52. The lowest BCUT2D eigenvalue weighted by Gasteiger charge is -2.23. The van der Waals surface area contributed by atoms with E-state index in [1.54, 1.807) is 39.8 Å². The van der Waals surface area contributed by atoms with E-state index in [-0.39, 0.29) is 49.5 Å². The van der Waals surface area contributed by atoms with Crippen molar-refractivity contribution in [3.8, 4) is 11.6 Å². The molecule has 0 atom stereocenters. The van der Waals surface area contributed by atoms with Crippen molar-refractivity contribution in [3.05, 3.63) is 65.9 Å². The Morgan fingerprint density at radius 1 is 1.03 bits per heavy atom. The molecule has 11 nitrogen and oxygen atoms in total. The second-order valence-electron chi connectivity index (χ2n) is 8.10. The van der Waals surface area contributed by atoms with Crippen molar-refractivity contribution in [1.82, 2.24) is 35.3 Å². The Kier molecular flexibility index (Phi) is 7.66. The summed E-state index contributed by atoms with van der Waals surface area (Å²) in [6.45, 7) is 3.28. The number of nitrogens with zero attached hydrogens (tertiary/aromatic N) is 5. The Hall–Kier alpha value is -4.28. The van der Waals surface area contributed by atoms with Crippen molar-refractivity contribution in [1.29, 1.82) is 0 Å². The Labute approximate surface area is 202 Å². The number of amides is 3. The van der Waals surface area contributed by atoms with Crippen molar-refractivity contribution < 1.29 is 19.1 Å². The van der Waals surface area contributed by atoms with Gasteiger partial charge in [-0.2, -0.15) is 0 Å². The number of carbonyl (C=O) groups is 3. The summed E-state index contributed by atoms with van der Waals surface area (Å²) in [6.07, 6.45) is 3.73. The molecule has 2 N–H and O–H groups in total. The summed E-state index contributed by atoms with van der Waals surface area (Å²) < 4.78 is 7.34. The van der Waals surface area contributed by atoms with Gasteiger partial charge in [0.05, 0.1) is 12.1 Å². The number of aromatic nitrogens is 4. The number of rotatable bonds is 2. The minimum absolute atomic E-state index is 0.123. The molecule has 35 heavy (non-hydrogen) atoms. The monoisotopic (exact) mass is 477 g/mol. The highest BCUT2D eigenvalue weighted by atomic mass is 16.5. The minimum atomic E-state index is -0.293. The van der Waals surface area contributed by atoms with Crippen molar-refractivity contribution in [2.24, 2.45) is 0 Å². The number of carbonyl (C=O) groups excluding carboxylic acids is 3. The molecule has 3 amide bonds. The van der Waals surface area contributed by atoms with Crippen molar-refractivity contribution >= 4 is 17.7 Å². The van der Waals surface area contributed by atoms with E-state index in [1.807, 2.05) is 13.0 Å². The maximum atomic E-state index is 13.3. The van der Waals surface area contributed by atoms with Gasteiger partial charge in [-0.15, -0.1) is 10.2 Å². The van der Waals surface area contributed by atoms with Crippen LogP contribution >= 0.6 is 0 Å². The van der Waals surface area contributed by atoms with Gasteiger partial charge in [-0.3, -0.25) is 19.0 Å². The molecule has 2 aromatic heterocycles. The summed E-state index contributed by atoms with van der Waals surface area (Å²) in [7, 11) is 0. The molecule has 4 rings (SSSR count). The molecule has 0 spiro atoms. The Bertz CT molecular complexity index is 1200. The molecule has 0 aliphatic carbocycles. The first-order valence-electron chi connectivity index (χ1n) is 11.4. The summed E-state index contributed by atoms with van der Waals surface area (Å²) in [5.74, 6) is 0.252. The number of ether oxygens (including phenoxy) is 1. The number of fused-ring (bicyclic) bond motifs is 1. The lowest BCUT2D eigenvalue weighted by molar-refractivity contribution is -0.121. The van der Waals surface area contributed by atoms with E-state index in [4.69, 9.17) is 4.74 Å². The molecule has 0 saturated carbocycles. The molecule has 0 radical (unpaired) electrons. The lowest BCUT2D eigenvalue weighted by atomic mass is 10.1. The van der Waals surface area contributed by atoms with Gasteiger partial charge in [-0.1, -0.05) is 17.7 Å². The topological polar surface area (TPSA) is 131 Å². The smallest absolute Gasteiger partial charge is 0.272 e. The second-order valence-corrected chi connectivity index (χ2v) is 8.10. The van der Waals surface area contributed by atoms with Crippen LogP contribution in [0.3, 0.4) is 0 Å². The molecule has 0 fully saturated rings. The third-order valence-corrected chi connectivity index (χ3v) is 5.48. The molecule has 1 aliphatic rings. The molecule has 0 unspecified atom stereocenters. The van der Waals surface area contributed by atoms with Gasteiger partial charge in [-0.25, -0.2) is 4.98 Å². The molecule has 0 saturated heterocycles. The first-order chi connectivity index (χ1) is 17.0. The van der Waals surface area contributed by atoms with E-state index in [0.29, 0.717) is 36.6 Å². The van der Waals surface area contributed by atoms with Crippen LogP contribution < -0.4 is 15.4 Å². The SMILES string of the molecule is Cc1ccc2c(c1)C(=O)NCCN(C(=O)c1cccc(-n3cnnc3)n1)CCCC(=O)NCCO2. The van der Waals surface area contributed by atoms with Crippen molar-refractivity contribution in [3.63, 3.8) is 0 Å². The van der Waals surface area contributed by atoms with Gasteiger partial charge < -0.3 is 20.3 Å². The van der Waals surface area contributed by atoms with E-state index in [0.717, 1.165) is 5.56 Å². The van der Waals surface area contributed by atoms with E-state index in [1.165, 1.54) is 12.7 Å². The largest absolute Gasteiger partial charge is 0.491 e. The highest BCUT2D eigenvalue weighted by Crippen LogP contribution is 2.20. The van der Waals surface area contributed by atoms with Gasteiger partial charge in [0, 0.05) is 26.1 Å². The Morgan fingerprint density at radius 2 is 1.86 bits per heavy atom. The van der Waals surface area contributed by atoms with Crippen LogP contribution in [0, 0.1) is 6.92 Å². The third-order valence-electron chi connectivity index (χ3n) is 5.48. The van der Waals surface area contributed by atoms with Gasteiger partial charge in [0.2, 0.25) is 5.91 Å². The summed E-state index contributed by atoms with van der Waals surface area (Å²) in [6, 6.07) is 10.5. The first-order valence-corrected chi connectivity index (χ1v) is 11.4. The predicted molar refractivity (Wildman–Crippen MR) is 126 cm³/mol. The molecule has 0 bridgehead atoms. The fourth-order valence-corrected chi connectivity index (χ4v) is 3.70. The number of pyridine rings is 1. The fraction of sp³-hybridized carbons (Fsp3) is 0.333. The van der Waals surface area contributed by atoms with Crippen LogP contribution in [0.25, 0.3) is 5.82 Å². The number of aryl methyl sites for hydroxylation is 1. The fourth-order valence-electron chi connectivity index (χ4n) is 3.70. The summed E-state index contributed by atoms with van der Waals surface area (Å²) in [5.41, 5.74) is 1.58. The summed E-state index contributed by atoms with van der Waals surface area (Å²) >= 11 is 0. The van der Waals surface area contributed by atoms with Gasteiger partial charge in [0.25, 0.3) is 11.8 Å².